The molecule has 1 atom stereocenters. The minimum atomic E-state index is -0.596. The Morgan fingerprint density at radius 3 is 2.88 bits per heavy atom. The average molecular weight is 223 g/mol. The van der Waals surface area contributed by atoms with Crippen LogP contribution in [0, 0.1) is 10.1 Å². The number of hydrogen-bond donors (Lipinski definition) is 2. The normalized spacial score (nSPS) is 19.2. The maximum absolute atomic E-state index is 11.2. The molecule has 0 aromatic heterocycles. The van der Waals surface area contributed by atoms with E-state index in [0.29, 0.717) is 5.69 Å². The van der Waals surface area contributed by atoms with Crippen LogP contribution in [0.1, 0.15) is 0 Å². The highest BCUT2D eigenvalue weighted by molar-refractivity contribution is 5.86. The number of carbonyl (C=O) groups is 1. The number of rotatable bonds is 3. The molecule has 7 nitrogen and oxygen atoms in total. The van der Waals surface area contributed by atoms with Gasteiger partial charge in [0, 0.05) is 6.07 Å². The maximum atomic E-state index is 11.2. The smallest absolute Gasteiger partial charge is 0.292 e. The van der Waals surface area contributed by atoms with E-state index >= 15 is 0 Å². The van der Waals surface area contributed by atoms with E-state index in [1.54, 1.807) is 18.2 Å². The molecule has 0 saturated carbocycles. The van der Waals surface area contributed by atoms with Crippen molar-refractivity contribution in [3.8, 4) is 0 Å². The summed E-state index contributed by atoms with van der Waals surface area (Å²) in [7, 11) is 0. The zero-order valence-electron chi connectivity index (χ0n) is 8.17. The van der Waals surface area contributed by atoms with Crippen LogP contribution in [-0.4, -0.2) is 23.5 Å². The van der Waals surface area contributed by atoms with Gasteiger partial charge in [-0.25, -0.2) is 5.48 Å². The maximum Gasteiger partial charge on any atom is 0.292 e. The van der Waals surface area contributed by atoms with Gasteiger partial charge in [-0.3, -0.25) is 19.7 Å². The van der Waals surface area contributed by atoms with Gasteiger partial charge in [-0.1, -0.05) is 12.1 Å². The summed E-state index contributed by atoms with van der Waals surface area (Å²) in [6.07, 6.45) is 0. The van der Waals surface area contributed by atoms with Gasteiger partial charge in [0.05, 0.1) is 4.92 Å². The van der Waals surface area contributed by atoms with Gasteiger partial charge < -0.3 is 5.32 Å². The Balaban J connectivity index is 2.20. The summed E-state index contributed by atoms with van der Waals surface area (Å²) < 4.78 is 0. The summed E-state index contributed by atoms with van der Waals surface area (Å²) in [5, 5.41) is 13.5. The van der Waals surface area contributed by atoms with Gasteiger partial charge in [-0.15, -0.1) is 0 Å². The van der Waals surface area contributed by atoms with Crippen LogP contribution in [0.15, 0.2) is 24.3 Å². The zero-order chi connectivity index (χ0) is 11.5. The number of nitro groups is 1. The number of carbonyl (C=O) groups excluding carboxylic acids is 1. The highest BCUT2D eigenvalue weighted by atomic mass is 16.7. The number of hydrogen-bond acceptors (Lipinski definition) is 5. The lowest BCUT2D eigenvalue weighted by Gasteiger charge is -2.09. The van der Waals surface area contributed by atoms with E-state index in [2.05, 4.69) is 10.8 Å². The van der Waals surface area contributed by atoms with Crippen LogP contribution >= 0.6 is 0 Å². The molecule has 0 radical (unpaired) electrons. The molecule has 16 heavy (non-hydrogen) atoms. The Kier molecular flexibility index (Phi) is 2.69. The molecule has 0 aliphatic carbocycles. The molecule has 1 aliphatic heterocycles. The van der Waals surface area contributed by atoms with Gasteiger partial charge in [0.25, 0.3) is 11.6 Å². The van der Waals surface area contributed by atoms with Crippen molar-refractivity contribution in [1.29, 1.82) is 0 Å². The van der Waals surface area contributed by atoms with Crippen molar-refractivity contribution in [2.75, 3.05) is 11.9 Å². The van der Waals surface area contributed by atoms with Gasteiger partial charge in [-0.05, 0) is 6.07 Å². The van der Waals surface area contributed by atoms with Crippen molar-refractivity contribution < 1.29 is 14.6 Å². The van der Waals surface area contributed by atoms with Crippen LogP contribution in [0.4, 0.5) is 11.4 Å². The van der Waals surface area contributed by atoms with Crippen LogP contribution in [0.3, 0.4) is 0 Å². The molecule has 0 spiro atoms. The minimum absolute atomic E-state index is 0.0674. The highest BCUT2D eigenvalue weighted by Crippen LogP contribution is 2.24. The molecular formula is C9H9N3O4. The predicted octanol–water partition coefficient (Wildman–Crippen LogP) is 0.437. The van der Waals surface area contributed by atoms with E-state index in [-0.39, 0.29) is 18.2 Å². The van der Waals surface area contributed by atoms with Gasteiger partial charge >= 0.3 is 0 Å². The number of para-hydroxylation sites is 2. The van der Waals surface area contributed by atoms with Crippen LogP contribution in [0.25, 0.3) is 0 Å². The molecule has 1 fully saturated rings. The van der Waals surface area contributed by atoms with E-state index in [1.807, 2.05) is 0 Å². The van der Waals surface area contributed by atoms with Crippen molar-refractivity contribution in [3.05, 3.63) is 34.4 Å². The standard InChI is InChI=1S/C9H9N3O4/c13-9-7(5-16-11-9)10-6-3-1-2-4-8(6)12(14)15/h1-4,7,10H,5H2,(H,11,13)/t7-/m0/s1. The summed E-state index contributed by atoms with van der Waals surface area (Å²) >= 11 is 0. The number of anilines is 1. The molecule has 0 bridgehead atoms. The fourth-order valence-corrected chi connectivity index (χ4v) is 1.39. The molecule has 7 heteroatoms. The van der Waals surface area contributed by atoms with Gasteiger partial charge in [0.1, 0.15) is 18.3 Å². The molecule has 1 heterocycles. The highest BCUT2D eigenvalue weighted by Gasteiger charge is 2.27. The molecule has 1 amide bonds. The first kappa shape index (κ1) is 10.4. The van der Waals surface area contributed by atoms with Crippen LogP contribution in [-0.2, 0) is 9.63 Å². The summed E-state index contributed by atoms with van der Waals surface area (Å²) in [6.45, 7) is 0.144. The summed E-state index contributed by atoms with van der Waals surface area (Å²) in [4.78, 5) is 26.1. The van der Waals surface area contributed by atoms with Gasteiger partial charge in [0.2, 0.25) is 0 Å². The van der Waals surface area contributed by atoms with Gasteiger partial charge in [0.15, 0.2) is 0 Å². The van der Waals surface area contributed by atoms with E-state index in [1.165, 1.54) is 6.07 Å². The average Bonchev–Trinajstić information content (AvgIpc) is 2.65. The lowest BCUT2D eigenvalue weighted by molar-refractivity contribution is -0.384. The second kappa shape index (κ2) is 4.15. The molecular weight excluding hydrogens is 214 g/mol. The number of amides is 1. The third-order valence-corrected chi connectivity index (χ3v) is 2.17. The largest absolute Gasteiger partial charge is 0.366 e. The fraction of sp³-hybridized carbons (Fsp3) is 0.222. The zero-order valence-corrected chi connectivity index (χ0v) is 8.17. The number of nitro benzene ring substituents is 1. The Morgan fingerprint density at radius 2 is 2.25 bits per heavy atom. The van der Waals surface area contributed by atoms with E-state index < -0.39 is 11.0 Å². The van der Waals surface area contributed by atoms with Crippen molar-refractivity contribution in [1.82, 2.24) is 5.48 Å². The van der Waals surface area contributed by atoms with Crippen molar-refractivity contribution >= 4 is 17.3 Å². The van der Waals surface area contributed by atoms with Crippen molar-refractivity contribution in [2.45, 2.75) is 6.04 Å². The third kappa shape index (κ3) is 1.94. The molecule has 1 saturated heterocycles. The first-order valence-corrected chi connectivity index (χ1v) is 4.60. The number of hydroxylamine groups is 1. The topological polar surface area (TPSA) is 93.5 Å². The van der Waals surface area contributed by atoms with Gasteiger partial charge in [-0.2, -0.15) is 0 Å². The Hall–Kier alpha value is -2.15. The second-order valence-electron chi connectivity index (χ2n) is 3.25. The van der Waals surface area contributed by atoms with E-state index in [0.717, 1.165) is 0 Å². The Morgan fingerprint density at radius 1 is 1.50 bits per heavy atom. The lowest BCUT2D eigenvalue weighted by atomic mass is 10.2. The first-order valence-electron chi connectivity index (χ1n) is 4.60. The molecule has 0 unspecified atom stereocenters. The number of benzene rings is 1. The summed E-state index contributed by atoms with van der Waals surface area (Å²) in [5.41, 5.74) is 2.40. The van der Waals surface area contributed by atoms with Crippen molar-refractivity contribution in [2.24, 2.45) is 0 Å². The fourth-order valence-electron chi connectivity index (χ4n) is 1.39. The first-order chi connectivity index (χ1) is 7.68. The van der Waals surface area contributed by atoms with E-state index in [9.17, 15) is 14.9 Å². The Labute approximate surface area is 90.5 Å². The predicted molar refractivity (Wildman–Crippen MR) is 54.6 cm³/mol. The second-order valence-corrected chi connectivity index (χ2v) is 3.25. The quantitative estimate of drug-likeness (QED) is 0.572. The van der Waals surface area contributed by atoms with E-state index in [4.69, 9.17) is 4.84 Å². The number of nitrogens with one attached hydrogen (secondary N) is 2. The minimum Gasteiger partial charge on any atom is -0.366 e. The molecule has 1 aromatic rings. The summed E-state index contributed by atoms with van der Waals surface area (Å²) in [5.74, 6) is -0.335. The Bertz CT molecular complexity index is 435. The molecule has 1 aliphatic rings. The third-order valence-electron chi connectivity index (χ3n) is 2.17. The molecule has 2 N–H and O–H groups in total. The SMILES string of the molecule is O=C1NOC[C@@H]1Nc1ccccc1[N+](=O)[O-]. The van der Waals surface area contributed by atoms with Crippen LogP contribution in [0.5, 0.6) is 0 Å². The summed E-state index contributed by atoms with van der Waals surface area (Å²) in [6, 6.07) is 5.54. The van der Waals surface area contributed by atoms with Crippen LogP contribution in [0.2, 0.25) is 0 Å². The van der Waals surface area contributed by atoms with Crippen LogP contribution < -0.4 is 10.8 Å². The molecule has 1 aromatic carbocycles. The number of nitrogens with zero attached hydrogens (tertiary/aromatic N) is 1. The molecule has 84 valence electrons. The lowest BCUT2D eigenvalue weighted by Crippen LogP contribution is -2.31. The monoisotopic (exact) mass is 223 g/mol. The molecule has 2 rings (SSSR count). The van der Waals surface area contributed by atoms with Crippen molar-refractivity contribution in [3.63, 3.8) is 0 Å².